The van der Waals surface area contributed by atoms with E-state index in [1.54, 1.807) is 25.3 Å². The minimum atomic E-state index is -0.316. The van der Waals surface area contributed by atoms with E-state index >= 15 is 0 Å². The molecule has 0 aromatic carbocycles. The lowest BCUT2D eigenvalue weighted by Gasteiger charge is -2.43. The van der Waals surface area contributed by atoms with E-state index in [1.165, 1.54) is 0 Å². The lowest BCUT2D eigenvalue weighted by molar-refractivity contribution is 0.0526. The summed E-state index contributed by atoms with van der Waals surface area (Å²) in [6.07, 6.45) is 2.60. The summed E-state index contributed by atoms with van der Waals surface area (Å²) in [5, 5.41) is 0. The molecule has 110 valence electrons. The number of hydrogen-bond donors (Lipinski definition) is 1. The van der Waals surface area contributed by atoms with Crippen molar-refractivity contribution in [3.63, 3.8) is 0 Å². The fourth-order valence-corrected chi connectivity index (χ4v) is 2.57. The average Bonchev–Trinajstić information content (AvgIpc) is 2.42. The zero-order valence-corrected chi connectivity index (χ0v) is 12.4. The molecular weight excluding hydrogens is 254 g/mol. The zero-order valence-electron chi connectivity index (χ0n) is 12.4. The van der Waals surface area contributed by atoms with Crippen molar-refractivity contribution in [2.45, 2.75) is 33.2 Å². The minimum absolute atomic E-state index is 0.00169. The number of hydrogen-bond acceptors (Lipinski definition) is 5. The van der Waals surface area contributed by atoms with Crippen molar-refractivity contribution in [1.29, 1.82) is 0 Å². The monoisotopic (exact) mass is 277 g/mol. The number of pyridine rings is 1. The molecule has 1 atom stereocenters. The number of carbonyl (C=O) groups excluding carboxylic acids is 1. The van der Waals surface area contributed by atoms with Crippen LogP contribution >= 0.6 is 0 Å². The molecule has 0 amide bonds. The Balaban J connectivity index is 2.27. The van der Waals surface area contributed by atoms with Crippen molar-refractivity contribution in [2.75, 3.05) is 24.6 Å². The highest BCUT2D eigenvalue weighted by Crippen LogP contribution is 2.31. The lowest BCUT2D eigenvalue weighted by atomic mass is 9.79. The van der Waals surface area contributed by atoms with Crippen LogP contribution in [0.1, 0.15) is 37.6 Å². The number of nitrogens with zero attached hydrogens (tertiary/aromatic N) is 2. The molecule has 20 heavy (non-hydrogen) atoms. The number of anilines is 1. The first-order valence-corrected chi connectivity index (χ1v) is 7.08. The van der Waals surface area contributed by atoms with E-state index < -0.39 is 0 Å². The van der Waals surface area contributed by atoms with Gasteiger partial charge in [0.2, 0.25) is 0 Å². The van der Waals surface area contributed by atoms with Gasteiger partial charge in [0.25, 0.3) is 0 Å². The predicted molar refractivity (Wildman–Crippen MR) is 78.8 cm³/mol. The van der Waals surface area contributed by atoms with Crippen LogP contribution in [0, 0.1) is 5.41 Å². The topological polar surface area (TPSA) is 68.5 Å². The molecule has 1 fully saturated rings. The molecule has 5 nitrogen and oxygen atoms in total. The van der Waals surface area contributed by atoms with Gasteiger partial charge in [-0.2, -0.15) is 0 Å². The molecule has 1 unspecified atom stereocenters. The molecule has 2 N–H and O–H groups in total. The van der Waals surface area contributed by atoms with Crippen molar-refractivity contribution in [2.24, 2.45) is 11.1 Å². The second-order valence-corrected chi connectivity index (χ2v) is 5.90. The summed E-state index contributed by atoms with van der Waals surface area (Å²) in [6, 6.07) is 3.70. The summed E-state index contributed by atoms with van der Waals surface area (Å²) in [6.45, 7) is 8.07. The molecule has 5 heteroatoms. The van der Waals surface area contributed by atoms with Crippen molar-refractivity contribution in [3.8, 4) is 0 Å². The molecule has 1 aliphatic heterocycles. The maximum atomic E-state index is 12.0. The molecule has 2 heterocycles. The van der Waals surface area contributed by atoms with E-state index in [0.717, 1.165) is 19.5 Å². The summed E-state index contributed by atoms with van der Waals surface area (Å²) in [5.74, 6) is 0.384. The Morgan fingerprint density at radius 2 is 2.35 bits per heavy atom. The summed E-state index contributed by atoms with van der Waals surface area (Å²) in [7, 11) is 0. The van der Waals surface area contributed by atoms with Crippen LogP contribution in [0.2, 0.25) is 0 Å². The first-order chi connectivity index (χ1) is 9.45. The molecule has 1 aromatic heterocycles. The Hall–Kier alpha value is -1.62. The smallest absolute Gasteiger partial charge is 0.341 e. The van der Waals surface area contributed by atoms with Crippen molar-refractivity contribution in [1.82, 2.24) is 4.98 Å². The van der Waals surface area contributed by atoms with Crippen LogP contribution in [-0.2, 0) is 4.74 Å². The molecule has 0 radical (unpaired) electrons. The SMILES string of the molecule is CCOC(=O)c1cccnc1N1CCC(N)C(C)(C)C1. The molecule has 1 aliphatic rings. The van der Waals surface area contributed by atoms with Gasteiger partial charge in [-0.3, -0.25) is 0 Å². The average molecular weight is 277 g/mol. The Morgan fingerprint density at radius 3 is 3.00 bits per heavy atom. The summed E-state index contributed by atoms with van der Waals surface area (Å²) >= 11 is 0. The number of rotatable bonds is 3. The van der Waals surface area contributed by atoms with Crippen LogP contribution in [0.25, 0.3) is 0 Å². The fourth-order valence-electron chi connectivity index (χ4n) is 2.57. The zero-order chi connectivity index (χ0) is 14.8. The van der Waals surface area contributed by atoms with E-state index in [-0.39, 0.29) is 17.4 Å². The number of nitrogens with two attached hydrogens (primary N) is 1. The predicted octanol–water partition coefficient (Wildman–Crippen LogP) is 1.82. The summed E-state index contributed by atoms with van der Waals surface area (Å²) in [4.78, 5) is 18.5. The van der Waals surface area contributed by atoms with E-state index in [4.69, 9.17) is 10.5 Å². The molecule has 0 spiro atoms. The second-order valence-electron chi connectivity index (χ2n) is 5.90. The lowest BCUT2D eigenvalue weighted by Crippen LogP contribution is -2.53. The molecule has 2 rings (SSSR count). The number of carbonyl (C=O) groups is 1. The molecule has 0 bridgehead atoms. The Morgan fingerprint density at radius 1 is 1.60 bits per heavy atom. The van der Waals surface area contributed by atoms with Crippen LogP contribution in [-0.4, -0.2) is 36.7 Å². The van der Waals surface area contributed by atoms with Gasteiger partial charge in [0, 0.05) is 25.3 Å². The van der Waals surface area contributed by atoms with Gasteiger partial charge < -0.3 is 15.4 Å². The van der Waals surface area contributed by atoms with Crippen LogP contribution in [0.4, 0.5) is 5.82 Å². The Kier molecular flexibility index (Phi) is 4.28. The molecule has 0 aliphatic carbocycles. The molecule has 1 saturated heterocycles. The van der Waals surface area contributed by atoms with E-state index in [2.05, 4.69) is 23.7 Å². The van der Waals surface area contributed by atoms with Crippen LogP contribution in [0.15, 0.2) is 18.3 Å². The fraction of sp³-hybridized carbons (Fsp3) is 0.600. The van der Waals surface area contributed by atoms with Crippen molar-refractivity contribution < 1.29 is 9.53 Å². The highest BCUT2D eigenvalue weighted by molar-refractivity contribution is 5.94. The Bertz CT molecular complexity index is 488. The van der Waals surface area contributed by atoms with Gasteiger partial charge in [-0.25, -0.2) is 9.78 Å². The van der Waals surface area contributed by atoms with Gasteiger partial charge >= 0.3 is 5.97 Å². The van der Waals surface area contributed by atoms with E-state index in [1.807, 2.05) is 0 Å². The van der Waals surface area contributed by atoms with Gasteiger partial charge in [0.1, 0.15) is 11.4 Å². The van der Waals surface area contributed by atoms with Gasteiger partial charge in [-0.05, 0) is 30.9 Å². The second kappa shape index (κ2) is 5.79. The van der Waals surface area contributed by atoms with Gasteiger partial charge in [-0.15, -0.1) is 0 Å². The third-order valence-corrected chi connectivity index (χ3v) is 3.89. The molecular formula is C15H23N3O2. The number of esters is 1. The standard InChI is InChI=1S/C15H23N3O2/c1-4-20-14(19)11-6-5-8-17-13(11)18-9-7-12(16)15(2,3)10-18/h5-6,8,12H,4,7,9-10,16H2,1-3H3. The minimum Gasteiger partial charge on any atom is -0.462 e. The highest BCUT2D eigenvalue weighted by atomic mass is 16.5. The largest absolute Gasteiger partial charge is 0.462 e. The van der Waals surface area contributed by atoms with E-state index in [0.29, 0.717) is 18.0 Å². The third kappa shape index (κ3) is 2.93. The highest BCUT2D eigenvalue weighted by Gasteiger charge is 2.35. The number of piperidine rings is 1. The third-order valence-electron chi connectivity index (χ3n) is 3.89. The van der Waals surface area contributed by atoms with Crippen molar-refractivity contribution in [3.05, 3.63) is 23.9 Å². The van der Waals surface area contributed by atoms with Crippen LogP contribution < -0.4 is 10.6 Å². The molecule has 1 aromatic rings. The van der Waals surface area contributed by atoms with Gasteiger partial charge in [0.15, 0.2) is 0 Å². The van der Waals surface area contributed by atoms with Crippen LogP contribution in [0.5, 0.6) is 0 Å². The number of aromatic nitrogens is 1. The van der Waals surface area contributed by atoms with Gasteiger partial charge in [-0.1, -0.05) is 13.8 Å². The quantitative estimate of drug-likeness (QED) is 0.854. The first-order valence-electron chi connectivity index (χ1n) is 7.08. The van der Waals surface area contributed by atoms with Gasteiger partial charge in [0.05, 0.1) is 6.61 Å². The maximum Gasteiger partial charge on any atom is 0.341 e. The van der Waals surface area contributed by atoms with Crippen molar-refractivity contribution >= 4 is 11.8 Å². The Labute approximate surface area is 120 Å². The number of ether oxygens (including phenoxy) is 1. The maximum absolute atomic E-state index is 12.0. The van der Waals surface area contributed by atoms with Crippen LogP contribution in [0.3, 0.4) is 0 Å². The summed E-state index contributed by atoms with van der Waals surface area (Å²) < 4.78 is 5.10. The first kappa shape index (κ1) is 14.8. The summed E-state index contributed by atoms with van der Waals surface area (Å²) in [5.41, 5.74) is 6.69. The van der Waals surface area contributed by atoms with E-state index in [9.17, 15) is 4.79 Å². The normalized spacial score (nSPS) is 21.6. The molecule has 0 saturated carbocycles.